The summed E-state index contributed by atoms with van der Waals surface area (Å²) < 4.78 is 57.1. The van der Waals surface area contributed by atoms with Crippen molar-refractivity contribution in [1.29, 1.82) is 0 Å². The van der Waals surface area contributed by atoms with Crippen LogP contribution in [0.4, 0.5) is 28.9 Å². The Labute approximate surface area is 167 Å². The van der Waals surface area contributed by atoms with E-state index in [-0.39, 0.29) is 0 Å². The number of para-hydroxylation sites is 1. The van der Waals surface area contributed by atoms with Gasteiger partial charge in [0.1, 0.15) is 5.82 Å². The van der Waals surface area contributed by atoms with Crippen molar-refractivity contribution >= 4 is 23.2 Å². The zero-order valence-electron chi connectivity index (χ0n) is 15.4. The molecule has 12 heteroatoms. The third-order valence-corrected chi connectivity index (χ3v) is 3.78. The van der Waals surface area contributed by atoms with E-state index in [1.165, 1.54) is 13.1 Å². The van der Waals surface area contributed by atoms with Crippen LogP contribution >= 0.6 is 0 Å². The molecule has 0 atom stereocenters. The lowest BCUT2D eigenvalue weighted by Crippen LogP contribution is -2.37. The molecule has 1 N–H and O–H groups in total. The molecule has 0 radical (unpaired) electrons. The first-order chi connectivity index (χ1) is 14.0. The Hall–Kier alpha value is -3.70. The smallest absolute Gasteiger partial charge is 0.418 e. The minimum Gasteiger partial charge on any atom is -0.477 e. The number of carbonyl (C=O) groups is 2. The fourth-order valence-corrected chi connectivity index (χ4v) is 2.34. The summed E-state index contributed by atoms with van der Waals surface area (Å²) >= 11 is 0. The highest BCUT2D eigenvalue weighted by atomic mass is 19.4. The molecule has 2 aromatic carbocycles. The zero-order valence-corrected chi connectivity index (χ0v) is 15.4. The average Bonchev–Trinajstić information content (AvgIpc) is 2.65. The number of nitrogens with zero attached hydrogens (tertiary/aromatic N) is 2. The molecule has 0 aliphatic carbocycles. The van der Waals surface area contributed by atoms with Crippen molar-refractivity contribution in [2.75, 3.05) is 25.5 Å². The number of rotatable bonds is 7. The van der Waals surface area contributed by atoms with E-state index >= 15 is 0 Å². The molecule has 2 rings (SSSR count). The van der Waals surface area contributed by atoms with Gasteiger partial charge in [-0.05, 0) is 18.2 Å². The second-order valence-corrected chi connectivity index (χ2v) is 6.00. The van der Waals surface area contributed by atoms with Crippen LogP contribution < -0.4 is 10.1 Å². The van der Waals surface area contributed by atoms with E-state index < -0.39 is 64.6 Å². The van der Waals surface area contributed by atoms with Crippen LogP contribution in [0.2, 0.25) is 0 Å². The van der Waals surface area contributed by atoms with Gasteiger partial charge in [-0.2, -0.15) is 13.2 Å². The fourth-order valence-electron chi connectivity index (χ4n) is 2.34. The lowest BCUT2D eigenvalue weighted by Gasteiger charge is -2.18. The molecule has 0 saturated heterocycles. The van der Waals surface area contributed by atoms with E-state index in [1.807, 2.05) is 0 Å². The number of nitrogens with one attached hydrogen (secondary N) is 1. The Morgan fingerprint density at radius 3 is 2.50 bits per heavy atom. The van der Waals surface area contributed by atoms with Crippen molar-refractivity contribution in [3.8, 4) is 5.75 Å². The largest absolute Gasteiger partial charge is 0.477 e. The summed E-state index contributed by atoms with van der Waals surface area (Å²) in [5, 5.41) is 13.0. The summed E-state index contributed by atoms with van der Waals surface area (Å²) in [5.74, 6) is -3.02. The van der Waals surface area contributed by atoms with Crippen LogP contribution in [-0.4, -0.2) is 41.8 Å². The molecule has 2 aromatic rings. The number of hydrogen-bond donors (Lipinski definition) is 1. The van der Waals surface area contributed by atoms with Crippen molar-refractivity contribution in [3.63, 3.8) is 0 Å². The summed E-state index contributed by atoms with van der Waals surface area (Å²) in [6, 6.07) is 6.77. The molecular formula is C18H15F4N3O5. The molecule has 0 heterocycles. The number of anilines is 1. The second kappa shape index (κ2) is 9.20. The topological polar surface area (TPSA) is 102 Å². The molecule has 0 fully saturated rings. The fraction of sp³-hybridized carbons (Fsp3) is 0.222. The van der Waals surface area contributed by atoms with Gasteiger partial charge < -0.3 is 15.0 Å². The normalized spacial score (nSPS) is 11.0. The monoisotopic (exact) mass is 429 g/mol. The highest BCUT2D eigenvalue weighted by Crippen LogP contribution is 2.34. The molecule has 0 aliphatic heterocycles. The van der Waals surface area contributed by atoms with Crippen LogP contribution in [0, 0.1) is 15.9 Å². The number of alkyl halides is 3. The van der Waals surface area contributed by atoms with Gasteiger partial charge in [0.05, 0.1) is 22.7 Å². The Morgan fingerprint density at radius 2 is 1.87 bits per heavy atom. The third kappa shape index (κ3) is 5.90. The van der Waals surface area contributed by atoms with E-state index in [2.05, 4.69) is 5.32 Å². The highest BCUT2D eigenvalue weighted by molar-refractivity contribution is 5.95. The van der Waals surface area contributed by atoms with E-state index in [0.29, 0.717) is 0 Å². The van der Waals surface area contributed by atoms with E-state index in [9.17, 15) is 37.3 Å². The maximum atomic E-state index is 13.3. The van der Waals surface area contributed by atoms with Crippen molar-refractivity contribution in [2.45, 2.75) is 6.18 Å². The first kappa shape index (κ1) is 22.6. The van der Waals surface area contributed by atoms with Crippen LogP contribution in [-0.2, 0) is 15.8 Å². The summed E-state index contributed by atoms with van der Waals surface area (Å²) in [6.45, 7) is -1.37. The molecule has 0 spiro atoms. The highest BCUT2D eigenvalue weighted by Gasteiger charge is 2.33. The average molecular weight is 429 g/mol. The van der Waals surface area contributed by atoms with E-state index in [0.717, 1.165) is 41.3 Å². The summed E-state index contributed by atoms with van der Waals surface area (Å²) in [4.78, 5) is 35.0. The van der Waals surface area contributed by atoms with Crippen LogP contribution in [0.1, 0.15) is 5.56 Å². The Kier molecular flexibility index (Phi) is 6.93. The predicted molar refractivity (Wildman–Crippen MR) is 96.3 cm³/mol. The van der Waals surface area contributed by atoms with Gasteiger partial charge in [-0.15, -0.1) is 0 Å². The SMILES string of the molecule is CN(CC(=O)Nc1ccccc1C(F)(F)F)C(=O)COc1cc(F)ccc1[N+](=O)[O-]. The van der Waals surface area contributed by atoms with Gasteiger partial charge in [-0.1, -0.05) is 12.1 Å². The molecule has 160 valence electrons. The maximum Gasteiger partial charge on any atom is 0.418 e. The molecule has 2 amide bonds. The van der Waals surface area contributed by atoms with Crippen LogP contribution in [0.3, 0.4) is 0 Å². The zero-order chi connectivity index (χ0) is 22.5. The van der Waals surface area contributed by atoms with Gasteiger partial charge in [0.25, 0.3) is 5.91 Å². The molecule has 0 aliphatic rings. The molecule has 0 bridgehead atoms. The summed E-state index contributed by atoms with van der Waals surface area (Å²) in [6.07, 6.45) is -4.68. The quantitative estimate of drug-likeness (QED) is 0.414. The molecule has 30 heavy (non-hydrogen) atoms. The van der Waals surface area contributed by atoms with Crippen molar-refractivity contribution in [1.82, 2.24) is 4.90 Å². The molecule has 0 aromatic heterocycles. The Bertz CT molecular complexity index is 965. The number of carbonyl (C=O) groups excluding carboxylic acids is 2. The molecular weight excluding hydrogens is 414 g/mol. The summed E-state index contributed by atoms with van der Waals surface area (Å²) in [5.41, 5.74) is -2.08. The number of nitro benzene ring substituents is 1. The molecule has 0 unspecified atom stereocenters. The maximum absolute atomic E-state index is 13.3. The van der Waals surface area contributed by atoms with E-state index in [1.54, 1.807) is 0 Å². The van der Waals surface area contributed by atoms with Gasteiger partial charge in [-0.25, -0.2) is 4.39 Å². The number of likely N-dealkylation sites (N-methyl/N-ethyl adjacent to an activating group) is 1. The minimum absolute atomic E-state index is 0.470. The van der Waals surface area contributed by atoms with Gasteiger partial charge in [-0.3, -0.25) is 19.7 Å². The van der Waals surface area contributed by atoms with Crippen LogP contribution in [0.15, 0.2) is 42.5 Å². The van der Waals surface area contributed by atoms with Gasteiger partial charge in [0.15, 0.2) is 6.61 Å². The lowest BCUT2D eigenvalue weighted by molar-refractivity contribution is -0.385. The first-order valence-corrected chi connectivity index (χ1v) is 8.26. The van der Waals surface area contributed by atoms with Crippen molar-refractivity contribution in [2.24, 2.45) is 0 Å². The van der Waals surface area contributed by atoms with Crippen molar-refractivity contribution < 1.29 is 36.8 Å². The minimum atomic E-state index is -4.68. The Balaban J connectivity index is 1.98. The molecule has 0 saturated carbocycles. The first-order valence-electron chi connectivity index (χ1n) is 8.26. The lowest BCUT2D eigenvalue weighted by atomic mass is 10.1. The van der Waals surface area contributed by atoms with Crippen LogP contribution in [0.25, 0.3) is 0 Å². The van der Waals surface area contributed by atoms with Gasteiger partial charge in [0, 0.05) is 19.2 Å². The van der Waals surface area contributed by atoms with Crippen LogP contribution in [0.5, 0.6) is 5.75 Å². The number of nitro groups is 1. The van der Waals surface area contributed by atoms with Gasteiger partial charge in [0.2, 0.25) is 11.7 Å². The van der Waals surface area contributed by atoms with Crippen molar-refractivity contribution in [3.05, 3.63) is 64.0 Å². The predicted octanol–water partition coefficient (Wildman–Crippen LogP) is 3.23. The number of hydrogen-bond acceptors (Lipinski definition) is 5. The summed E-state index contributed by atoms with van der Waals surface area (Å²) in [7, 11) is 1.18. The number of benzene rings is 2. The Morgan fingerprint density at radius 1 is 1.20 bits per heavy atom. The van der Waals surface area contributed by atoms with E-state index in [4.69, 9.17) is 4.74 Å². The molecule has 8 nitrogen and oxygen atoms in total. The second-order valence-electron chi connectivity index (χ2n) is 6.00. The van der Waals surface area contributed by atoms with Gasteiger partial charge >= 0.3 is 11.9 Å². The standard InChI is InChI=1S/C18H15F4N3O5/c1-24(9-16(26)23-13-5-3-2-4-12(13)18(20,21)22)17(27)10-30-15-8-11(19)6-7-14(15)25(28)29/h2-8H,9-10H2,1H3,(H,23,26). The third-order valence-electron chi connectivity index (χ3n) is 3.78. The number of halogens is 4. The number of amides is 2. The number of ether oxygens (including phenoxy) is 1.